The van der Waals surface area contributed by atoms with E-state index >= 15 is 0 Å². The number of carbonyl (C=O) groups excluding carboxylic acids is 2. The number of aliphatic carboxylic acids is 2. The number of azo groups is 2. The first kappa shape index (κ1) is 42.7. The first-order chi connectivity index (χ1) is 25.4. The van der Waals surface area contributed by atoms with Gasteiger partial charge in [0.05, 0.1) is 9.79 Å². The molecule has 0 fully saturated rings. The Morgan fingerprint density at radius 3 is 1.27 bits per heavy atom. The van der Waals surface area contributed by atoms with E-state index in [1.165, 1.54) is 24.3 Å². The van der Waals surface area contributed by atoms with Crippen LogP contribution in [-0.2, 0) is 39.4 Å². The number of carbonyl (C=O) groups is 4. The van der Waals surface area contributed by atoms with Crippen molar-refractivity contribution in [3.63, 3.8) is 0 Å². The van der Waals surface area contributed by atoms with Gasteiger partial charge in [-0.25, -0.2) is 26.4 Å². The van der Waals surface area contributed by atoms with Crippen LogP contribution in [0.15, 0.2) is 126 Å². The topological polar surface area (TPSA) is 273 Å². The number of hydrogen-bond acceptors (Lipinski definition) is 14. The number of Topliss-reactive ketones (excluding diaryl/α,β-unsaturated/α-hetero) is 2. The van der Waals surface area contributed by atoms with Crippen molar-refractivity contribution in [2.45, 2.75) is 35.7 Å². The quantitative estimate of drug-likeness (QED) is 0.101. The average molecular weight is 811 g/mol. The smallest absolute Gasteiger partial charge is 0.744 e. The molecule has 6 rings (SSSR count). The van der Waals surface area contributed by atoms with E-state index in [1.54, 1.807) is 74.5 Å². The first-order valence-corrected chi connectivity index (χ1v) is 18.3. The molecular formula is C36H26CaN4O12S2. The molecule has 4 aromatic rings. The summed E-state index contributed by atoms with van der Waals surface area (Å²) in [5.74, 6) is -4.34. The Balaban J connectivity index is 0.000000240. The van der Waals surface area contributed by atoms with Crippen LogP contribution < -0.4 is 0 Å². The van der Waals surface area contributed by atoms with Crippen molar-refractivity contribution in [1.82, 2.24) is 0 Å². The molecule has 0 amide bonds. The molecule has 0 aliphatic heterocycles. The van der Waals surface area contributed by atoms with Gasteiger partial charge in [0, 0.05) is 0 Å². The van der Waals surface area contributed by atoms with Gasteiger partial charge >= 0.3 is 49.7 Å². The van der Waals surface area contributed by atoms with Gasteiger partial charge in [-0.2, -0.15) is 20.5 Å². The Morgan fingerprint density at radius 2 is 0.945 bits per heavy atom. The van der Waals surface area contributed by atoms with Crippen LogP contribution in [-0.4, -0.2) is 97.4 Å². The number of nitrogens with zero attached hydrogens (tertiary/aromatic N) is 4. The maximum absolute atomic E-state index is 12.5. The maximum atomic E-state index is 12.5. The molecule has 0 aromatic heterocycles. The van der Waals surface area contributed by atoms with E-state index in [1.807, 2.05) is 0 Å². The fourth-order valence-corrected chi connectivity index (χ4v) is 6.82. The second-order valence-electron chi connectivity index (χ2n) is 11.8. The molecule has 2 aliphatic carbocycles. The minimum absolute atomic E-state index is 0. The van der Waals surface area contributed by atoms with Crippen molar-refractivity contribution in [3.8, 4) is 0 Å². The molecule has 2 unspecified atom stereocenters. The van der Waals surface area contributed by atoms with Crippen LogP contribution in [0.4, 0.5) is 11.4 Å². The molecule has 0 saturated carbocycles. The molecule has 2 aliphatic rings. The zero-order valence-electron chi connectivity index (χ0n) is 28.7. The molecule has 276 valence electrons. The molecule has 16 nitrogen and oxygen atoms in total. The van der Waals surface area contributed by atoms with Gasteiger partial charge in [-0.3, -0.25) is 9.59 Å². The van der Waals surface area contributed by atoms with Gasteiger partial charge in [0.25, 0.3) is 0 Å². The summed E-state index contributed by atoms with van der Waals surface area (Å²) in [5, 5.41) is 33.8. The molecule has 4 aromatic carbocycles. The molecule has 19 heteroatoms. The van der Waals surface area contributed by atoms with Crippen molar-refractivity contribution in [2.24, 2.45) is 20.5 Å². The van der Waals surface area contributed by atoms with Gasteiger partial charge < -0.3 is 19.3 Å². The van der Waals surface area contributed by atoms with Crippen molar-refractivity contribution < 1.29 is 55.3 Å². The summed E-state index contributed by atoms with van der Waals surface area (Å²) in [6, 6.07) is 18.7. The Hall–Kier alpha value is -5.08. The van der Waals surface area contributed by atoms with Gasteiger partial charge in [-0.15, -0.1) is 0 Å². The molecule has 55 heavy (non-hydrogen) atoms. The van der Waals surface area contributed by atoms with Crippen molar-refractivity contribution in [2.75, 3.05) is 0 Å². The normalized spacial score (nSPS) is 16.6. The number of carboxylic acid groups (broad SMARTS) is 2. The van der Waals surface area contributed by atoms with E-state index in [-0.39, 0.29) is 49.1 Å². The summed E-state index contributed by atoms with van der Waals surface area (Å²) in [5.41, 5.74) is 1.64. The molecule has 0 radical (unpaired) electrons. The minimum Gasteiger partial charge on any atom is -0.744 e. The number of fused-ring (bicyclic) bond motifs is 2. The van der Waals surface area contributed by atoms with Gasteiger partial charge in [0.1, 0.15) is 42.8 Å². The summed E-state index contributed by atoms with van der Waals surface area (Å²) in [6.07, 6.45) is 2.51. The zero-order chi connectivity index (χ0) is 39.5. The average Bonchev–Trinajstić information content (AvgIpc) is 3.10. The molecule has 2 atom stereocenters. The Bertz CT molecular complexity index is 2420. The van der Waals surface area contributed by atoms with Crippen LogP contribution in [0.1, 0.15) is 45.5 Å². The third-order valence-electron chi connectivity index (χ3n) is 8.00. The van der Waals surface area contributed by atoms with Crippen LogP contribution in [0.2, 0.25) is 0 Å². The molecule has 0 spiro atoms. The maximum Gasteiger partial charge on any atom is 2.00 e. The Kier molecular flexibility index (Phi) is 13.3. The van der Waals surface area contributed by atoms with Gasteiger partial charge in [-0.05, 0) is 83.6 Å². The van der Waals surface area contributed by atoms with Crippen molar-refractivity contribution >= 4 is 105 Å². The van der Waals surface area contributed by atoms with E-state index in [0.717, 1.165) is 12.1 Å². The summed E-state index contributed by atoms with van der Waals surface area (Å²) in [4.78, 5) is 46.6. The number of hydrogen-bond donors (Lipinski definition) is 2. The van der Waals surface area contributed by atoms with Crippen LogP contribution >= 0.6 is 0 Å². The second-order valence-corrected chi connectivity index (χ2v) is 14.5. The summed E-state index contributed by atoms with van der Waals surface area (Å²) >= 11 is 0. The monoisotopic (exact) mass is 810 g/mol. The molecular weight excluding hydrogens is 785 g/mol. The predicted octanol–water partition coefficient (Wildman–Crippen LogP) is 5.17. The minimum atomic E-state index is -4.80. The van der Waals surface area contributed by atoms with Crippen LogP contribution in [0.5, 0.6) is 0 Å². The van der Waals surface area contributed by atoms with Gasteiger partial charge in [-0.1, -0.05) is 60.7 Å². The van der Waals surface area contributed by atoms with Crippen molar-refractivity contribution in [1.29, 1.82) is 0 Å². The Labute approximate surface area is 343 Å². The summed E-state index contributed by atoms with van der Waals surface area (Å²) in [6.45, 7) is 3.22. The standard InChI is InChI=1S/2C18H14N2O6S.Ca/c2*1-10-6-7-14(15(8-10)27(24,25)26)19-20-16-12-5-3-2-4-11(12)9-13(17(16)21)18(22)23;/h2*2-9,16H,1H3,(H,22,23)(H,24,25,26);/q;;+2/p-2. The Morgan fingerprint density at radius 1 is 0.600 bits per heavy atom. The first-order valence-electron chi connectivity index (χ1n) is 15.5. The number of rotatable bonds is 8. The largest absolute Gasteiger partial charge is 2.00 e. The summed E-state index contributed by atoms with van der Waals surface area (Å²) in [7, 11) is -9.60. The molecule has 0 bridgehead atoms. The fourth-order valence-electron chi connectivity index (χ4n) is 5.42. The van der Waals surface area contributed by atoms with E-state index in [2.05, 4.69) is 20.5 Å². The van der Waals surface area contributed by atoms with E-state index in [4.69, 9.17) is 0 Å². The third kappa shape index (κ3) is 9.78. The van der Waals surface area contributed by atoms with E-state index in [0.29, 0.717) is 33.4 Å². The second kappa shape index (κ2) is 17.2. The SMILES string of the molecule is Cc1ccc(N=NC2C(=O)C(C(=O)O)=Cc3ccccc32)c(S(=O)(=O)[O-])c1.Cc1ccc(N=NC2C(=O)C(C(=O)O)=Cc3ccccc32)c(S(=O)(=O)[O-])c1.[Ca+2]. The van der Waals surface area contributed by atoms with Crippen LogP contribution in [0.3, 0.4) is 0 Å². The van der Waals surface area contributed by atoms with Gasteiger partial charge in [0.2, 0.25) is 11.6 Å². The van der Waals surface area contributed by atoms with Crippen LogP contribution in [0, 0.1) is 13.8 Å². The number of benzene rings is 4. The van der Waals surface area contributed by atoms with Crippen molar-refractivity contribution in [3.05, 3.63) is 129 Å². The fraction of sp³-hybridized carbons (Fsp3) is 0.111. The summed E-state index contributed by atoms with van der Waals surface area (Å²) < 4.78 is 68.7. The molecule has 0 saturated heterocycles. The van der Waals surface area contributed by atoms with E-state index < -0.39 is 76.8 Å². The number of ketones is 2. The predicted molar refractivity (Wildman–Crippen MR) is 193 cm³/mol. The van der Waals surface area contributed by atoms with E-state index in [9.17, 15) is 55.3 Å². The number of aryl methyl sites for hydroxylation is 2. The third-order valence-corrected chi connectivity index (χ3v) is 9.73. The zero-order valence-corrected chi connectivity index (χ0v) is 32.5. The van der Waals surface area contributed by atoms with Crippen LogP contribution in [0.25, 0.3) is 12.2 Å². The molecule has 2 N–H and O–H groups in total. The molecule has 0 heterocycles. The number of carboxylic acids is 2. The van der Waals surface area contributed by atoms with Gasteiger partial charge in [0.15, 0.2) is 12.1 Å².